The highest BCUT2D eigenvalue weighted by molar-refractivity contribution is 5.81. The second kappa shape index (κ2) is 4.48. The number of rotatable bonds is 3. The Labute approximate surface area is 109 Å². The number of aryl methyl sites for hydroxylation is 2. The van der Waals surface area contributed by atoms with Gasteiger partial charge in [-0.1, -0.05) is 29.8 Å². The zero-order chi connectivity index (χ0) is 13.3. The summed E-state index contributed by atoms with van der Waals surface area (Å²) in [5.41, 5.74) is 9.68. The van der Waals surface area contributed by atoms with Crippen molar-refractivity contribution in [2.24, 2.45) is 10.7 Å². The van der Waals surface area contributed by atoms with E-state index in [9.17, 15) is 0 Å². The maximum atomic E-state index is 5.99. The summed E-state index contributed by atoms with van der Waals surface area (Å²) in [6, 6.07) is 6.54. The molecule has 2 N–H and O–H groups in total. The lowest BCUT2D eigenvalue weighted by molar-refractivity contribution is 0.244. The molecule has 3 heteroatoms. The van der Waals surface area contributed by atoms with Gasteiger partial charge in [0.05, 0.1) is 12.1 Å². The highest BCUT2D eigenvalue weighted by Crippen LogP contribution is 2.34. The van der Waals surface area contributed by atoms with Crippen LogP contribution in [0.15, 0.2) is 35.8 Å². The molecule has 0 bridgehead atoms. The Morgan fingerprint density at radius 3 is 2.89 bits per heavy atom. The lowest BCUT2D eigenvalue weighted by atomic mass is 9.86. The van der Waals surface area contributed by atoms with Crippen LogP contribution in [0.4, 0.5) is 0 Å². The molecule has 0 aliphatic carbocycles. The minimum atomic E-state index is -0.158. The van der Waals surface area contributed by atoms with Crippen LogP contribution in [-0.4, -0.2) is 23.9 Å². The molecule has 3 nitrogen and oxygen atoms in total. The van der Waals surface area contributed by atoms with Crippen LogP contribution >= 0.6 is 0 Å². The predicted octanol–water partition coefficient (Wildman–Crippen LogP) is 2.33. The minimum Gasteiger partial charge on any atom is -0.370 e. The molecule has 1 aromatic rings. The smallest absolute Gasteiger partial charge is 0.192 e. The maximum absolute atomic E-state index is 5.99. The molecule has 1 atom stereocenters. The van der Waals surface area contributed by atoms with Gasteiger partial charge in [0.15, 0.2) is 5.96 Å². The SMILES string of the molecule is C=CCN1C(N)=NCC1(C)c1cc(C)ccc1C. The van der Waals surface area contributed by atoms with Gasteiger partial charge in [-0.15, -0.1) is 6.58 Å². The van der Waals surface area contributed by atoms with Crippen LogP contribution in [0.1, 0.15) is 23.6 Å². The molecule has 0 spiro atoms. The number of nitrogens with two attached hydrogens (primary N) is 1. The van der Waals surface area contributed by atoms with Crippen LogP contribution in [0.25, 0.3) is 0 Å². The van der Waals surface area contributed by atoms with Gasteiger partial charge in [0.2, 0.25) is 0 Å². The lowest BCUT2D eigenvalue weighted by Crippen LogP contribution is -2.47. The van der Waals surface area contributed by atoms with Gasteiger partial charge < -0.3 is 10.6 Å². The molecule has 2 rings (SSSR count). The zero-order valence-electron chi connectivity index (χ0n) is 11.4. The number of hydrogen-bond acceptors (Lipinski definition) is 3. The monoisotopic (exact) mass is 243 g/mol. The molecule has 0 aromatic heterocycles. The summed E-state index contributed by atoms with van der Waals surface area (Å²) >= 11 is 0. The van der Waals surface area contributed by atoms with E-state index >= 15 is 0 Å². The Morgan fingerprint density at radius 2 is 2.22 bits per heavy atom. The molecular formula is C15H21N3. The zero-order valence-corrected chi connectivity index (χ0v) is 11.4. The van der Waals surface area contributed by atoms with Crippen LogP contribution in [0.2, 0.25) is 0 Å². The third-order valence-electron chi connectivity index (χ3n) is 3.71. The Balaban J connectivity index is 2.48. The fourth-order valence-electron chi connectivity index (χ4n) is 2.63. The van der Waals surface area contributed by atoms with E-state index < -0.39 is 0 Å². The highest BCUT2D eigenvalue weighted by Gasteiger charge is 2.39. The van der Waals surface area contributed by atoms with Crippen molar-refractivity contribution in [2.45, 2.75) is 26.3 Å². The Hall–Kier alpha value is -1.77. The maximum Gasteiger partial charge on any atom is 0.192 e. The number of nitrogens with zero attached hydrogens (tertiary/aromatic N) is 2. The topological polar surface area (TPSA) is 41.6 Å². The van der Waals surface area contributed by atoms with Crippen molar-refractivity contribution in [3.63, 3.8) is 0 Å². The molecule has 0 fully saturated rings. The van der Waals surface area contributed by atoms with Crippen LogP contribution in [0, 0.1) is 13.8 Å². The second-order valence-electron chi connectivity index (χ2n) is 5.17. The van der Waals surface area contributed by atoms with E-state index in [-0.39, 0.29) is 5.54 Å². The van der Waals surface area contributed by atoms with E-state index in [0.717, 1.165) is 6.54 Å². The van der Waals surface area contributed by atoms with Crippen LogP contribution in [0.5, 0.6) is 0 Å². The summed E-state index contributed by atoms with van der Waals surface area (Å²) in [6.07, 6.45) is 1.87. The molecule has 1 unspecified atom stereocenters. The van der Waals surface area contributed by atoms with Crippen LogP contribution < -0.4 is 5.73 Å². The van der Waals surface area contributed by atoms with Gasteiger partial charge in [-0.05, 0) is 31.9 Å². The van der Waals surface area contributed by atoms with Crippen molar-refractivity contribution < 1.29 is 0 Å². The molecule has 18 heavy (non-hydrogen) atoms. The third-order valence-corrected chi connectivity index (χ3v) is 3.71. The van der Waals surface area contributed by atoms with Gasteiger partial charge in [-0.25, -0.2) is 0 Å². The Bertz CT molecular complexity index is 504. The summed E-state index contributed by atoms with van der Waals surface area (Å²) in [5, 5.41) is 0. The van der Waals surface area contributed by atoms with Gasteiger partial charge >= 0.3 is 0 Å². The molecule has 0 saturated carbocycles. The number of hydrogen-bond donors (Lipinski definition) is 1. The predicted molar refractivity (Wildman–Crippen MR) is 76.7 cm³/mol. The van der Waals surface area contributed by atoms with Crippen molar-refractivity contribution in [2.75, 3.05) is 13.1 Å². The van der Waals surface area contributed by atoms with E-state index in [1.807, 2.05) is 6.08 Å². The molecule has 1 heterocycles. The molecule has 0 radical (unpaired) electrons. The molecule has 0 amide bonds. The first kappa shape index (κ1) is 12.7. The Morgan fingerprint density at radius 1 is 1.50 bits per heavy atom. The third kappa shape index (κ3) is 1.90. The number of aliphatic imine (C=N–C) groups is 1. The molecule has 1 aliphatic heterocycles. The van der Waals surface area contributed by atoms with Gasteiger partial charge in [-0.3, -0.25) is 4.99 Å². The second-order valence-corrected chi connectivity index (χ2v) is 5.17. The first-order chi connectivity index (χ1) is 8.49. The van der Waals surface area contributed by atoms with E-state index in [2.05, 4.69) is 55.4 Å². The van der Waals surface area contributed by atoms with E-state index in [1.165, 1.54) is 16.7 Å². The normalized spacial score (nSPS) is 23.1. The average molecular weight is 243 g/mol. The molecular weight excluding hydrogens is 222 g/mol. The standard InChI is InChI=1S/C15H21N3/c1-5-8-18-14(16)17-10-15(18,4)13-9-11(2)6-7-12(13)3/h5-7,9H,1,8,10H2,2-4H3,(H2,16,17). The minimum absolute atomic E-state index is 0.158. The van der Waals surface area contributed by atoms with Crippen molar-refractivity contribution in [1.29, 1.82) is 0 Å². The summed E-state index contributed by atoms with van der Waals surface area (Å²) in [6.45, 7) is 11.7. The molecule has 96 valence electrons. The highest BCUT2D eigenvalue weighted by atomic mass is 15.3. The quantitative estimate of drug-likeness (QED) is 0.828. The van der Waals surface area contributed by atoms with E-state index in [0.29, 0.717) is 12.5 Å². The largest absolute Gasteiger partial charge is 0.370 e. The first-order valence-electron chi connectivity index (χ1n) is 6.25. The fourth-order valence-corrected chi connectivity index (χ4v) is 2.63. The molecule has 1 aliphatic rings. The summed E-state index contributed by atoms with van der Waals surface area (Å²) in [5.74, 6) is 0.610. The van der Waals surface area contributed by atoms with Gasteiger partial charge in [0, 0.05) is 6.54 Å². The molecule has 1 aromatic carbocycles. The van der Waals surface area contributed by atoms with Gasteiger partial charge in [0.1, 0.15) is 0 Å². The van der Waals surface area contributed by atoms with E-state index in [1.54, 1.807) is 0 Å². The average Bonchev–Trinajstić information content (AvgIpc) is 2.62. The summed E-state index contributed by atoms with van der Waals surface area (Å²) in [4.78, 5) is 6.54. The number of guanidine groups is 1. The fraction of sp³-hybridized carbons (Fsp3) is 0.400. The van der Waals surface area contributed by atoms with E-state index in [4.69, 9.17) is 5.73 Å². The van der Waals surface area contributed by atoms with Gasteiger partial charge in [-0.2, -0.15) is 0 Å². The van der Waals surface area contributed by atoms with Crippen molar-refractivity contribution >= 4 is 5.96 Å². The summed E-state index contributed by atoms with van der Waals surface area (Å²) in [7, 11) is 0. The van der Waals surface area contributed by atoms with Crippen molar-refractivity contribution in [1.82, 2.24) is 4.90 Å². The Kier molecular flexibility index (Phi) is 3.16. The number of benzene rings is 1. The molecule has 0 saturated heterocycles. The summed E-state index contributed by atoms with van der Waals surface area (Å²) < 4.78 is 0. The van der Waals surface area contributed by atoms with Crippen LogP contribution in [-0.2, 0) is 5.54 Å². The van der Waals surface area contributed by atoms with Crippen molar-refractivity contribution in [3.8, 4) is 0 Å². The van der Waals surface area contributed by atoms with Crippen LogP contribution in [0.3, 0.4) is 0 Å². The lowest BCUT2D eigenvalue weighted by Gasteiger charge is -2.37. The first-order valence-corrected chi connectivity index (χ1v) is 6.25. The van der Waals surface area contributed by atoms with Gasteiger partial charge in [0.25, 0.3) is 0 Å². The van der Waals surface area contributed by atoms with Crippen molar-refractivity contribution in [3.05, 3.63) is 47.5 Å².